The average molecular weight is 454 g/mol. The average Bonchev–Trinajstić information content (AvgIpc) is 2.75. The molecule has 0 aliphatic rings. The Hall–Kier alpha value is 0.320. The van der Waals surface area contributed by atoms with E-state index in [1.807, 2.05) is 13.1 Å². The van der Waals surface area contributed by atoms with E-state index in [1.54, 1.807) is 11.3 Å². The van der Waals surface area contributed by atoms with Crippen LogP contribution in [-0.4, -0.2) is 7.05 Å². The van der Waals surface area contributed by atoms with Crippen molar-refractivity contribution >= 4 is 59.1 Å². The van der Waals surface area contributed by atoms with E-state index in [1.165, 1.54) is 10.4 Å². The van der Waals surface area contributed by atoms with Gasteiger partial charge >= 0.3 is 0 Å². The van der Waals surface area contributed by atoms with Crippen LogP contribution in [0, 0.1) is 0 Å². The number of benzene rings is 1. The van der Waals surface area contributed by atoms with Crippen molar-refractivity contribution in [2.45, 2.75) is 12.5 Å². The van der Waals surface area contributed by atoms with Crippen LogP contribution in [0.15, 0.2) is 43.1 Å². The zero-order valence-corrected chi connectivity index (χ0v) is 15.3. The van der Waals surface area contributed by atoms with Crippen molar-refractivity contribution in [1.29, 1.82) is 0 Å². The first-order valence-electron chi connectivity index (χ1n) is 5.45. The highest BCUT2D eigenvalue weighted by Crippen LogP contribution is 2.31. The normalized spacial score (nSPS) is 12.7. The molecule has 1 atom stereocenters. The van der Waals surface area contributed by atoms with Crippen LogP contribution < -0.4 is 5.32 Å². The maximum Gasteiger partial charge on any atom is 0.0377 e. The van der Waals surface area contributed by atoms with Crippen LogP contribution in [0.1, 0.15) is 16.5 Å². The molecule has 0 bridgehead atoms. The van der Waals surface area contributed by atoms with Gasteiger partial charge in [-0.05, 0) is 52.8 Å². The topological polar surface area (TPSA) is 12.0 Å². The van der Waals surface area contributed by atoms with Crippen LogP contribution in [0.25, 0.3) is 0 Å². The Morgan fingerprint density at radius 2 is 1.94 bits per heavy atom. The number of hydrogen-bond acceptors (Lipinski definition) is 2. The number of halogens is 3. The van der Waals surface area contributed by atoms with Gasteiger partial charge in [0.2, 0.25) is 0 Å². The quantitative estimate of drug-likeness (QED) is 0.641. The largest absolute Gasteiger partial charge is 0.313 e. The van der Waals surface area contributed by atoms with Gasteiger partial charge in [0.05, 0.1) is 0 Å². The Bertz CT molecular complexity index is 539. The first kappa shape index (κ1) is 14.7. The standard InChI is InChI=1S/C13H12Br3NS/c1-17-13(6-10-4-9(15)7-18-10)11-5-8(14)2-3-12(11)16/h2-5,7,13,17H,6H2,1H3. The third-order valence-electron chi connectivity index (χ3n) is 2.71. The minimum atomic E-state index is 0.308. The summed E-state index contributed by atoms with van der Waals surface area (Å²) in [7, 11) is 2.00. The van der Waals surface area contributed by atoms with Crippen LogP contribution in [-0.2, 0) is 6.42 Å². The number of likely N-dealkylation sites (N-methyl/N-ethyl adjacent to an activating group) is 1. The Balaban J connectivity index is 2.25. The SMILES string of the molecule is CNC(Cc1cc(Br)cs1)c1cc(Br)ccc1Br. The van der Waals surface area contributed by atoms with E-state index in [2.05, 4.69) is 76.7 Å². The lowest BCUT2D eigenvalue weighted by molar-refractivity contribution is 0.594. The first-order valence-corrected chi connectivity index (χ1v) is 8.71. The fraction of sp³-hybridized carbons (Fsp3) is 0.231. The van der Waals surface area contributed by atoms with Gasteiger partial charge in [-0.25, -0.2) is 0 Å². The van der Waals surface area contributed by atoms with Crippen molar-refractivity contribution < 1.29 is 0 Å². The molecular formula is C13H12Br3NS. The minimum absolute atomic E-state index is 0.308. The zero-order chi connectivity index (χ0) is 13.1. The summed E-state index contributed by atoms with van der Waals surface area (Å²) in [6.45, 7) is 0. The van der Waals surface area contributed by atoms with Gasteiger partial charge < -0.3 is 5.32 Å². The highest BCUT2D eigenvalue weighted by Gasteiger charge is 2.14. The summed E-state index contributed by atoms with van der Waals surface area (Å²) in [5.74, 6) is 0. The zero-order valence-electron chi connectivity index (χ0n) is 9.71. The lowest BCUT2D eigenvalue weighted by Gasteiger charge is -2.17. The molecule has 0 saturated carbocycles. The van der Waals surface area contributed by atoms with E-state index in [0.717, 1.165) is 19.8 Å². The Morgan fingerprint density at radius 1 is 1.17 bits per heavy atom. The third kappa shape index (κ3) is 3.67. The van der Waals surface area contributed by atoms with E-state index in [-0.39, 0.29) is 0 Å². The molecule has 0 saturated heterocycles. The monoisotopic (exact) mass is 451 g/mol. The van der Waals surface area contributed by atoms with Gasteiger partial charge in [0.15, 0.2) is 0 Å². The fourth-order valence-corrected chi connectivity index (χ4v) is 4.21. The Kier molecular flexibility index (Phi) is 5.45. The van der Waals surface area contributed by atoms with E-state index in [9.17, 15) is 0 Å². The maximum atomic E-state index is 3.62. The molecule has 2 aromatic rings. The smallest absolute Gasteiger partial charge is 0.0377 e. The molecular weight excluding hydrogens is 442 g/mol. The Morgan fingerprint density at radius 3 is 2.56 bits per heavy atom. The minimum Gasteiger partial charge on any atom is -0.313 e. The molecule has 1 aromatic carbocycles. The van der Waals surface area contributed by atoms with Crippen LogP contribution >= 0.6 is 59.1 Å². The van der Waals surface area contributed by atoms with Crippen LogP contribution in [0.5, 0.6) is 0 Å². The van der Waals surface area contributed by atoms with Crippen molar-refractivity contribution in [3.8, 4) is 0 Å². The molecule has 18 heavy (non-hydrogen) atoms. The van der Waals surface area contributed by atoms with E-state index < -0.39 is 0 Å². The molecule has 1 N–H and O–H groups in total. The van der Waals surface area contributed by atoms with Gasteiger partial charge in [0, 0.05) is 36.1 Å². The molecule has 1 nitrogen and oxygen atoms in total. The van der Waals surface area contributed by atoms with Crippen LogP contribution in [0.4, 0.5) is 0 Å². The van der Waals surface area contributed by atoms with Crippen molar-refractivity contribution in [1.82, 2.24) is 5.32 Å². The number of thiophene rings is 1. The highest BCUT2D eigenvalue weighted by atomic mass is 79.9. The summed E-state index contributed by atoms with van der Waals surface area (Å²) >= 11 is 12.4. The second-order valence-corrected chi connectivity index (χ2v) is 7.62. The van der Waals surface area contributed by atoms with E-state index >= 15 is 0 Å². The molecule has 0 spiro atoms. The molecule has 0 radical (unpaired) electrons. The van der Waals surface area contributed by atoms with Gasteiger partial charge in [0.1, 0.15) is 0 Å². The van der Waals surface area contributed by atoms with Gasteiger partial charge in [-0.1, -0.05) is 31.9 Å². The summed E-state index contributed by atoms with van der Waals surface area (Å²) < 4.78 is 3.40. The summed E-state index contributed by atoms with van der Waals surface area (Å²) in [4.78, 5) is 1.37. The summed E-state index contributed by atoms with van der Waals surface area (Å²) in [6.07, 6.45) is 0.988. The maximum absolute atomic E-state index is 3.62. The molecule has 1 aromatic heterocycles. The van der Waals surface area contributed by atoms with Gasteiger partial charge in [-0.3, -0.25) is 0 Å². The van der Waals surface area contributed by atoms with Crippen molar-refractivity contribution in [3.05, 3.63) is 53.5 Å². The van der Waals surface area contributed by atoms with Gasteiger partial charge in [0.25, 0.3) is 0 Å². The predicted octanol–water partition coefficient (Wildman–Crippen LogP) is 5.54. The second-order valence-electron chi connectivity index (χ2n) is 3.94. The lowest BCUT2D eigenvalue weighted by atomic mass is 10.0. The molecule has 0 amide bonds. The van der Waals surface area contributed by atoms with Gasteiger partial charge in [-0.15, -0.1) is 11.3 Å². The van der Waals surface area contributed by atoms with Crippen molar-refractivity contribution in [2.75, 3.05) is 7.05 Å². The molecule has 5 heteroatoms. The molecule has 2 rings (SSSR count). The Labute approximate surface area is 136 Å². The molecule has 0 fully saturated rings. The first-order chi connectivity index (χ1) is 8.60. The number of nitrogens with one attached hydrogen (secondary N) is 1. The molecule has 0 aliphatic carbocycles. The number of rotatable bonds is 4. The molecule has 1 heterocycles. The summed E-state index contributed by atoms with van der Waals surface area (Å²) in [5.41, 5.74) is 1.27. The molecule has 96 valence electrons. The van der Waals surface area contributed by atoms with E-state index in [4.69, 9.17) is 0 Å². The summed E-state index contributed by atoms with van der Waals surface area (Å²) in [5, 5.41) is 5.51. The second kappa shape index (κ2) is 6.66. The lowest BCUT2D eigenvalue weighted by Crippen LogP contribution is -2.18. The molecule has 1 unspecified atom stereocenters. The highest BCUT2D eigenvalue weighted by molar-refractivity contribution is 9.11. The predicted molar refractivity (Wildman–Crippen MR) is 89.4 cm³/mol. The van der Waals surface area contributed by atoms with E-state index in [0.29, 0.717) is 6.04 Å². The van der Waals surface area contributed by atoms with Crippen molar-refractivity contribution in [2.24, 2.45) is 0 Å². The van der Waals surface area contributed by atoms with Crippen LogP contribution in [0.2, 0.25) is 0 Å². The van der Waals surface area contributed by atoms with Crippen molar-refractivity contribution in [3.63, 3.8) is 0 Å². The third-order valence-corrected chi connectivity index (χ3v) is 5.64. The molecule has 0 aliphatic heterocycles. The summed E-state index contributed by atoms with van der Waals surface area (Å²) in [6, 6.07) is 8.77. The van der Waals surface area contributed by atoms with Crippen LogP contribution in [0.3, 0.4) is 0 Å². The number of hydrogen-bond donors (Lipinski definition) is 1. The van der Waals surface area contributed by atoms with Gasteiger partial charge in [-0.2, -0.15) is 0 Å². The fourth-order valence-electron chi connectivity index (χ4n) is 1.81.